The highest BCUT2D eigenvalue weighted by Crippen LogP contribution is 2.32. The Balaban J connectivity index is 1.86. The molecule has 9 heteroatoms. The van der Waals surface area contributed by atoms with E-state index in [1.807, 2.05) is 25.1 Å². The molecule has 1 N–H and O–H groups in total. The standard InChI is InChI=1S/C19H22ClF3N4O/c1-2-10-27(11-7-15-5-3-4-8-24-15)17(28)6-9-25-18-16(20)12-14(13-26-18)19(21,22)23/h3-5,8,12-13H,2,6-7,9-11H2,1H3,(H,25,26). The number of hydrogen-bond acceptors (Lipinski definition) is 4. The van der Waals surface area contributed by atoms with Crippen LogP contribution < -0.4 is 5.32 Å². The zero-order valence-electron chi connectivity index (χ0n) is 15.5. The van der Waals surface area contributed by atoms with Crippen LogP contribution in [0.1, 0.15) is 31.0 Å². The molecule has 2 aromatic rings. The first kappa shape index (κ1) is 21.9. The van der Waals surface area contributed by atoms with Gasteiger partial charge < -0.3 is 10.2 Å². The molecule has 2 aromatic heterocycles. The molecule has 1 amide bonds. The van der Waals surface area contributed by atoms with Gasteiger partial charge >= 0.3 is 6.18 Å². The lowest BCUT2D eigenvalue weighted by molar-refractivity contribution is -0.137. The minimum atomic E-state index is -4.50. The fraction of sp³-hybridized carbons (Fsp3) is 0.421. The summed E-state index contributed by atoms with van der Waals surface area (Å²) in [5.74, 6) is 0.0753. The first-order valence-electron chi connectivity index (χ1n) is 8.95. The third-order valence-corrected chi connectivity index (χ3v) is 4.30. The zero-order valence-corrected chi connectivity index (χ0v) is 16.2. The summed E-state index contributed by atoms with van der Waals surface area (Å²) in [6.45, 7) is 3.40. The third kappa shape index (κ3) is 6.67. The van der Waals surface area contributed by atoms with Gasteiger partial charge in [-0.1, -0.05) is 24.6 Å². The van der Waals surface area contributed by atoms with Gasteiger partial charge in [0.1, 0.15) is 5.82 Å². The van der Waals surface area contributed by atoms with Crippen LogP contribution in [-0.4, -0.2) is 40.4 Å². The van der Waals surface area contributed by atoms with E-state index in [0.717, 1.165) is 18.2 Å². The molecule has 28 heavy (non-hydrogen) atoms. The minimum Gasteiger partial charge on any atom is -0.368 e. The predicted molar refractivity (Wildman–Crippen MR) is 102 cm³/mol. The van der Waals surface area contributed by atoms with Crippen LogP contribution in [0.4, 0.5) is 19.0 Å². The molecule has 0 aliphatic rings. The van der Waals surface area contributed by atoms with E-state index in [2.05, 4.69) is 15.3 Å². The van der Waals surface area contributed by atoms with Crippen molar-refractivity contribution in [2.24, 2.45) is 0 Å². The molecule has 0 radical (unpaired) electrons. The van der Waals surface area contributed by atoms with Crippen LogP contribution in [0, 0.1) is 0 Å². The van der Waals surface area contributed by atoms with Gasteiger partial charge in [0.15, 0.2) is 0 Å². The van der Waals surface area contributed by atoms with E-state index in [9.17, 15) is 18.0 Å². The topological polar surface area (TPSA) is 58.1 Å². The molecule has 0 fully saturated rings. The van der Waals surface area contributed by atoms with E-state index in [4.69, 9.17) is 11.6 Å². The normalized spacial score (nSPS) is 11.3. The van der Waals surface area contributed by atoms with Crippen LogP contribution in [-0.2, 0) is 17.4 Å². The number of carbonyl (C=O) groups is 1. The van der Waals surface area contributed by atoms with Crippen molar-refractivity contribution in [2.45, 2.75) is 32.4 Å². The van der Waals surface area contributed by atoms with Crippen LogP contribution in [0.2, 0.25) is 5.02 Å². The summed E-state index contributed by atoms with van der Waals surface area (Å²) in [5.41, 5.74) is -0.00182. The van der Waals surface area contributed by atoms with E-state index >= 15 is 0 Å². The second kappa shape index (κ2) is 10.3. The lowest BCUT2D eigenvalue weighted by Gasteiger charge is -2.22. The van der Waals surface area contributed by atoms with Crippen molar-refractivity contribution in [1.29, 1.82) is 0 Å². The maximum atomic E-state index is 12.6. The predicted octanol–water partition coefficient (Wildman–Crippen LogP) is 4.43. The third-order valence-electron chi connectivity index (χ3n) is 4.01. The SMILES string of the molecule is CCCN(CCc1ccccn1)C(=O)CCNc1ncc(C(F)(F)F)cc1Cl. The molecule has 0 saturated heterocycles. The van der Waals surface area contributed by atoms with Crippen LogP contribution in [0.15, 0.2) is 36.7 Å². The van der Waals surface area contributed by atoms with Crippen molar-refractivity contribution in [3.63, 3.8) is 0 Å². The van der Waals surface area contributed by atoms with Gasteiger partial charge in [0.25, 0.3) is 0 Å². The average Bonchev–Trinajstić information content (AvgIpc) is 2.66. The van der Waals surface area contributed by atoms with Crippen molar-refractivity contribution in [2.75, 3.05) is 25.0 Å². The quantitative estimate of drug-likeness (QED) is 0.659. The Kier molecular flexibility index (Phi) is 8.04. The highest BCUT2D eigenvalue weighted by molar-refractivity contribution is 6.32. The largest absolute Gasteiger partial charge is 0.417 e. The summed E-state index contributed by atoms with van der Waals surface area (Å²) < 4.78 is 37.9. The Morgan fingerprint density at radius 3 is 2.64 bits per heavy atom. The van der Waals surface area contributed by atoms with Crippen molar-refractivity contribution >= 4 is 23.3 Å². The van der Waals surface area contributed by atoms with Crippen molar-refractivity contribution in [3.8, 4) is 0 Å². The van der Waals surface area contributed by atoms with Gasteiger partial charge in [-0.2, -0.15) is 13.2 Å². The fourth-order valence-electron chi connectivity index (χ4n) is 2.60. The highest BCUT2D eigenvalue weighted by atomic mass is 35.5. The van der Waals surface area contributed by atoms with Gasteiger partial charge in [-0.25, -0.2) is 4.98 Å². The first-order valence-corrected chi connectivity index (χ1v) is 9.33. The van der Waals surface area contributed by atoms with Crippen LogP contribution in [0.3, 0.4) is 0 Å². The lowest BCUT2D eigenvalue weighted by Crippen LogP contribution is -2.34. The molecule has 5 nitrogen and oxygen atoms in total. The van der Waals surface area contributed by atoms with Crippen LogP contribution >= 0.6 is 11.6 Å². The number of aromatic nitrogens is 2. The number of amides is 1. The lowest BCUT2D eigenvalue weighted by atomic mass is 10.2. The summed E-state index contributed by atoms with van der Waals surface area (Å²) in [5, 5.41) is 2.69. The number of hydrogen-bond donors (Lipinski definition) is 1. The molecule has 0 aromatic carbocycles. The van der Waals surface area contributed by atoms with Crippen molar-refractivity contribution < 1.29 is 18.0 Å². The van der Waals surface area contributed by atoms with Crippen LogP contribution in [0.25, 0.3) is 0 Å². The molecule has 2 rings (SSSR count). The summed E-state index contributed by atoms with van der Waals surface area (Å²) in [6.07, 6.45) is -0.404. The molecule has 152 valence electrons. The first-order chi connectivity index (χ1) is 13.3. The Hall–Kier alpha value is -2.35. The second-order valence-electron chi connectivity index (χ2n) is 6.18. The molecule has 0 unspecified atom stereocenters. The maximum absolute atomic E-state index is 12.6. The summed E-state index contributed by atoms with van der Waals surface area (Å²) in [6, 6.07) is 6.47. The van der Waals surface area contributed by atoms with Gasteiger partial charge in [0.05, 0.1) is 10.6 Å². The van der Waals surface area contributed by atoms with Crippen molar-refractivity contribution in [3.05, 3.63) is 52.9 Å². The fourth-order valence-corrected chi connectivity index (χ4v) is 2.83. The molecule has 0 aliphatic heterocycles. The van der Waals surface area contributed by atoms with Crippen molar-refractivity contribution in [1.82, 2.24) is 14.9 Å². The monoisotopic (exact) mass is 414 g/mol. The summed E-state index contributed by atoms with van der Waals surface area (Å²) in [4.78, 5) is 22.2. The van der Waals surface area contributed by atoms with Gasteiger partial charge in [-0.15, -0.1) is 0 Å². The number of nitrogens with zero attached hydrogens (tertiary/aromatic N) is 3. The number of halogens is 4. The minimum absolute atomic E-state index is 0.0479. The second-order valence-corrected chi connectivity index (χ2v) is 6.59. The Morgan fingerprint density at radius 1 is 1.25 bits per heavy atom. The molecule has 0 saturated carbocycles. The van der Waals surface area contributed by atoms with E-state index < -0.39 is 11.7 Å². The molecule has 0 aliphatic carbocycles. The number of nitrogens with one attached hydrogen (secondary N) is 1. The molecular weight excluding hydrogens is 393 g/mol. The highest BCUT2D eigenvalue weighted by Gasteiger charge is 2.31. The van der Waals surface area contributed by atoms with Gasteiger partial charge in [0.2, 0.25) is 5.91 Å². The Bertz CT molecular complexity index is 772. The van der Waals surface area contributed by atoms with E-state index in [1.165, 1.54) is 0 Å². The summed E-state index contributed by atoms with van der Waals surface area (Å²) in [7, 11) is 0. The molecule has 0 bridgehead atoms. The number of anilines is 1. The molecule has 2 heterocycles. The Morgan fingerprint density at radius 2 is 2.04 bits per heavy atom. The van der Waals surface area contributed by atoms with Gasteiger partial charge in [0, 0.05) is 50.6 Å². The summed E-state index contributed by atoms with van der Waals surface area (Å²) >= 11 is 5.85. The molecule has 0 atom stereocenters. The zero-order chi connectivity index (χ0) is 20.6. The molecular formula is C19H22ClF3N4O. The van der Waals surface area contributed by atoms with Gasteiger partial charge in [-0.3, -0.25) is 9.78 Å². The smallest absolute Gasteiger partial charge is 0.368 e. The van der Waals surface area contributed by atoms with Crippen LogP contribution in [0.5, 0.6) is 0 Å². The number of alkyl halides is 3. The average molecular weight is 415 g/mol. The Labute approximate surface area is 166 Å². The van der Waals surface area contributed by atoms with E-state index in [-0.39, 0.29) is 29.7 Å². The maximum Gasteiger partial charge on any atom is 0.417 e. The van der Waals surface area contributed by atoms with Gasteiger partial charge in [-0.05, 0) is 24.6 Å². The van der Waals surface area contributed by atoms with E-state index in [1.54, 1.807) is 11.1 Å². The number of rotatable bonds is 9. The molecule has 0 spiro atoms. The number of pyridine rings is 2. The number of carbonyl (C=O) groups excluding carboxylic acids is 1. The van der Waals surface area contributed by atoms with E-state index in [0.29, 0.717) is 25.7 Å².